The monoisotopic (exact) mass is 295 g/mol. The van der Waals surface area contributed by atoms with Crippen LogP contribution in [0.2, 0.25) is 0 Å². The van der Waals surface area contributed by atoms with Crippen LogP contribution in [0.15, 0.2) is 30.3 Å². The van der Waals surface area contributed by atoms with E-state index in [-0.39, 0.29) is 18.6 Å². The first kappa shape index (κ1) is 15.8. The first-order valence-corrected chi connectivity index (χ1v) is 7.05. The van der Waals surface area contributed by atoms with E-state index in [1.165, 1.54) is 6.92 Å². The van der Waals surface area contributed by atoms with Crippen molar-refractivity contribution in [3.8, 4) is 0 Å². The third-order valence-corrected chi connectivity index (χ3v) is 3.74. The van der Waals surface area contributed by atoms with Crippen LogP contribution in [0.5, 0.6) is 0 Å². The fourth-order valence-corrected chi connectivity index (χ4v) is 2.75. The minimum atomic E-state index is -3.07. The van der Waals surface area contributed by atoms with E-state index >= 15 is 0 Å². The molecule has 1 aliphatic rings. The Hall–Kier alpha value is -1.62. The van der Waals surface area contributed by atoms with Gasteiger partial charge in [-0.25, -0.2) is 8.78 Å². The van der Waals surface area contributed by atoms with Crippen LogP contribution in [0.25, 0.3) is 0 Å². The van der Waals surface area contributed by atoms with Crippen LogP contribution in [0, 0.1) is 5.92 Å². The van der Waals surface area contributed by atoms with Crippen LogP contribution in [0.1, 0.15) is 25.3 Å². The first-order chi connectivity index (χ1) is 9.88. The van der Waals surface area contributed by atoms with E-state index in [1.54, 1.807) is 4.90 Å². The van der Waals surface area contributed by atoms with Crippen LogP contribution in [-0.4, -0.2) is 35.5 Å². The molecule has 0 bridgehead atoms. The summed E-state index contributed by atoms with van der Waals surface area (Å²) < 4.78 is 28.3. The average molecular weight is 295 g/mol. The molecular weight excluding hydrogens is 276 g/mol. The van der Waals surface area contributed by atoms with Crippen LogP contribution < -0.4 is 0 Å². The number of benzene rings is 1. The number of hydrogen-bond acceptors (Lipinski definition) is 3. The number of alkyl halides is 2. The van der Waals surface area contributed by atoms with Gasteiger partial charge in [-0.3, -0.25) is 14.5 Å². The van der Waals surface area contributed by atoms with E-state index in [0.29, 0.717) is 13.1 Å². The van der Waals surface area contributed by atoms with Gasteiger partial charge in [-0.15, -0.1) is 0 Å². The molecule has 5 heteroatoms. The zero-order valence-corrected chi connectivity index (χ0v) is 12.0. The van der Waals surface area contributed by atoms with Gasteiger partial charge in [0.1, 0.15) is 11.6 Å². The smallest absolute Gasteiger partial charge is 0.270 e. The number of piperidine rings is 1. The lowest BCUT2D eigenvalue weighted by Crippen LogP contribution is -2.51. The number of carbonyl (C=O) groups excluding carboxylic acids is 2. The van der Waals surface area contributed by atoms with Gasteiger partial charge in [-0.2, -0.15) is 0 Å². The normalized spacial score (nSPS) is 22.0. The van der Waals surface area contributed by atoms with Crippen LogP contribution in [0.3, 0.4) is 0 Å². The highest BCUT2D eigenvalue weighted by atomic mass is 19.3. The van der Waals surface area contributed by atoms with Gasteiger partial charge in [0.15, 0.2) is 0 Å². The molecule has 0 aromatic heterocycles. The van der Waals surface area contributed by atoms with Gasteiger partial charge in [0.25, 0.3) is 5.92 Å². The van der Waals surface area contributed by atoms with Gasteiger partial charge in [-0.1, -0.05) is 30.3 Å². The lowest BCUT2D eigenvalue weighted by atomic mass is 9.86. The highest BCUT2D eigenvalue weighted by molar-refractivity contribution is 5.99. The van der Waals surface area contributed by atoms with Crippen LogP contribution >= 0.6 is 0 Å². The van der Waals surface area contributed by atoms with Crippen molar-refractivity contribution in [1.82, 2.24) is 4.90 Å². The molecule has 0 saturated carbocycles. The zero-order valence-electron chi connectivity index (χ0n) is 12.0. The standard InChI is InChI=1S/C16H19F2NO2/c1-12(20)9-15(21)14-7-8-19(11-16(14,17)18)10-13-5-3-2-4-6-13/h2-6,14H,7-11H2,1H3. The Balaban J connectivity index is 1.99. The van der Waals surface area contributed by atoms with Gasteiger partial charge in [0.05, 0.1) is 18.9 Å². The molecule has 114 valence electrons. The second-order valence-electron chi connectivity index (χ2n) is 5.64. The van der Waals surface area contributed by atoms with Crippen molar-refractivity contribution >= 4 is 11.6 Å². The summed E-state index contributed by atoms with van der Waals surface area (Å²) >= 11 is 0. The number of rotatable bonds is 5. The maximum absolute atomic E-state index is 14.1. The van der Waals surface area contributed by atoms with Crippen molar-refractivity contribution in [2.75, 3.05) is 13.1 Å². The summed E-state index contributed by atoms with van der Waals surface area (Å²) in [5, 5.41) is 0. The molecule has 0 N–H and O–H groups in total. The molecule has 3 nitrogen and oxygen atoms in total. The van der Waals surface area contributed by atoms with Crippen molar-refractivity contribution in [3.05, 3.63) is 35.9 Å². The maximum atomic E-state index is 14.1. The number of carbonyl (C=O) groups is 2. The number of likely N-dealkylation sites (tertiary alicyclic amines) is 1. The summed E-state index contributed by atoms with van der Waals surface area (Å²) in [6, 6.07) is 9.41. The molecule has 1 saturated heterocycles. The van der Waals surface area contributed by atoms with Crippen molar-refractivity contribution in [2.45, 2.75) is 32.2 Å². The Morgan fingerprint density at radius 1 is 1.29 bits per heavy atom. The third-order valence-electron chi connectivity index (χ3n) is 3.74. The molecule has 21 heavy (non-hydrogen) atoms. The maximum Gasteiger partial charge on any atom is 0.270 e. The summed E-state index contributed by atoms with van der Waals surface area (Å²) in [5.74, 6) is -5.39. The number of Topliss-reactive ketones (excluding diaryl/α,β-unsaturated/α-hetero) is 2. The SMILES string of the molecule is CC(=O)CC(=O)C1CCN(Cc2ccccc2)CC1(F)F. The topological polar surface area (TPSA) is 37.4 Å². The molecule has 1 unspecified atom stereocenters. The lowest BCUT2D eigenvalue weighted by molar-refractivity contribution is -0.150. The summed E-state index contributed by atoms with van der Waals surface area (Å²) in [7, 11) is 0. The Morgan fingerprint density at radius 3 is 2.52 bits per heavy atom. The molecule has 1 aromatic carbocycles. The highest BCUT2D eigenvalue weighted by Crippen LogP contribution is 2.34. The van der Waals surface area contributed by atoms with Crippen molar-refractivity contribution in [1.29, 1.82) is 0 Å². The summed E-state index contributed by atoms with van der Waals surface area (Å²) in [6.45, 7) is 1.71. The fraction of sp³-hybridized carbons (Fsp3) is 0.500. The molecular formula is C16H19F2NO2. The fourth-order valence-electron chi connectivity index (χ4n) is 2.75. The lowest BCUT2D eigenvalue weighted by Gasteiger charge is -2.37. The van der Waals surface area contributed by atoms with E-state index in [1.807, 2.05) is 30.3 Å². The molecule has 2 rings (SSSR count). The van der Waals surface area contributed by atoms with Gasteiger partial charge >= 0.3 is 0 Å². The minimum Gasteiger partial charge on any atom is -0.300 e. The van der Waals surface area contributed by atoms with Crippen molar-refractivity contribution < 1.29 is 18.4 Å². The molecule has 0 spiro atoms. The molecule has 1 heterocycles. The quantitative estimate of drug-likeness (QED) is 0.784. The molecule has 0 radical (unpaired) electrons. The Morgan fingerprint density at radius 2 is 1.95 bits per heavy atom. The zero-order chi connectivity index (χ0) is 15.5. The Labute approximate surface area is 122 Å². The van der Waals surface area contributed by atoms with E-state index in [9.17, 15) is 18.4 Å². The molecule has 0 aliphatic carbocycles. The molecule has 1 fully saturated rings. The Kier molecular flexibility index (Phi) is 4.83. The second-order valence-corrected chi connectivity index (χ2v) is 5.64. The van der Waals surface area contributed by atoms with E-state index in [4.69, 9.17) is 0 Å². The van der Waals surface area contributed by atoms with Gasteiger partial charge in [0, 0.05) is 6.54 Å². The van der Waals surface area contributed by atoms with E-state index in [0.717, 1.165) is 5.56 Å². The van der Waals surface area contributed by atoms with Crippen molar-refractivity contribution in [2.24, 2.45) is 5.92 Å². The summed E-state index contributed by atoms with van der Waals surface area (Å²) in [6.07, 6.45) is -0.287. The van der Waals surface area contributed by atoms with Gasteiger partial charge < -0.3 is 0 Å². The molecule has 1 aromatic rings. The molecule has 0 amide bonds. The van der Waals surface area contributed by atoms with Crippen LogP contribution in [0.4, 0.5) is 8.78 Å². The number of ketones is 2. The number of nitrogens with zero attached hydrogens (tertiary/aromatic N) is 1. The van der Waals surface area contributed by atoms with E-state index < -0.39 is 24.2 Å². The summed E-state index contributed by atoms with van der Waals surface area (Å²) in [5.41, 5.74) is 0.974. The van der Waals surface area contributed by atoms with Gasteiger partial charge in [-0.05, 0) is 25.5 Å². The highest BCUT2D eigenvalue weighted by Gasteiger charge is 2.47. The number of halogens is 2. The number of hydrogen-bond donors (Lipinski definition) is 0. The predicted octanol–water partition coefficient (Wildman–Crippen LogP) is 2.69. The third kappa shape index (κ3) is 4.17. The van der Waals surface area contributed by atoms with Crippen LogP contribution in [-0.2, 0) is 16.1 Å². The van der Waals surface area contributed by atoms with Gasteiger partial charge in [0.2, 0.25) is 0 Å². The first-order valence-electron chi connectivity index (χ1n) is 7.05. The second kappa shape index (κ2) is 6.43. The minimum absolute atomic E-state index is 0.103. The van der Waals surface area contributed by atoms with E-state index in [2.05, 4.69) is 0 Å². The molecule has 1 aliphatic heterocycles. The Bertz CT molecular complexity index is 516. The average Bonchev–Trinajstić information content (AvgIpc) is 2.37. The largest absolute Gasteiger partial charge is 0.300 e. The van der Waals surface area contributed by atoms with Crippen molar-refractivity contribution in [3.63, 3.8) is 0 Å². The predicted molar refractivity (Wildman–Crippen MR) is 75.1 cm³/mol. The summed E-state index contributed by atoms with van der Waals surface area (Å²) in [4.78, 5) is 24.4. The molecule has 1 atom stereocenters.